The summed E-state index contributed by atoms with van der Waals surface area (Å²) in [6, 6.07) is 27.3. The van der Waals surface area contributed by atoms with Gasteiger partial charge in [0.2, 0.25) is 0 Å². The fourth-order valence-electron chi connectivity index (χ4n) is 3.75. The molecule has 5 rings (SSSR count). The lowest BCUT2D eigenvalue weighted by molar-refractivity contribution is 0.469. The van der Waals surface area contributed by atoms with Crippen LogP contribution in [0.15, 0.2) is 106 Å². The zero-order chi connectivity index (χ0) is 23.0. The Labute approximate surface area is 196 Å². The monoisotopic (exact) mass is 472 g/mol. The summed E-state index contributed by atoms with van der Waals surface area (Å²) in [6.45, 7) is 1.83. The van der Waals surface area contributed by atoms with Gasteiger partial charge in [-0.1, -0.05) is 72.4 Å². The number of sulfonamides is 1. The Balaban J connectivity index is 1.64. The minimum atomic E-state index is -3.95. The van der Waals surface area contributed by atoms with E-state index in [1.54, 1.807) is 30.3 Å². The normalized spacial score (nSPS) is 11.7. The van der Waals surface area contributed by atoms with Crippen LogP contribution in [0.25, 0.3) is 21.7 Å². The van der Waals surface area contributed by atoms with Gasteiger partial charge in [0, 0.05) is 26.7 Å². The molecule has 0 aliphatic carbocycles. The standard InChI is InChI=1S/C26H20N2O3S2/c1-17-14-15-18-8-7-13-24(25(18)27-17)33(30,31)28-22-16-23(32-19-9-3-2-4-10-19)26(29)21-12-6-5-11-20(21)22/h2-16,28-29H,1H3. The average Bonchev–Trinajstić information content (AvgIpc) is 2.82. The molecule has 33 heavy (non-hydrogen) atoms. The van der Waals surface area contributed by atoms with Crippen LogP contribution in [0.3, 0.4) is 0 Å². The second kappa shape index (κ2) is 8.42. The SMILES string of the molecule is Cc1ccc2cccc(S(=O)(=O)Nc3cc(Sc4ccccc4)c(O)c4ccccc34)c2n1. The Hall–Kier alpha value is -3.55. The Kier molecular flexibility index (Phi) is 5.44. The zero-order valence-electron chi connectivity index (χ0n) is 17.7. The number of phenols is 1. The largest absolute Gasteiger partial charge is 0.506 e. The first-order valence-electron chi connectivity index (χ1n) is 10.3. The number of aromatic nitrogens is 1. The number of pyridine rings is 1. The smallest absolute Gasteiger partial charge is 0.264 e. The van der Waals surface area contributed by atoms with Gasteiger partial charge in [-0.05, 0) is 37.3 Å². The maximum atomic E-state index is 13.5. The van der Waals surface area contributed by atoms with E-state index < -0.39 is 10.0 Å². The number of nitrogens with one attached hydrogen (secondary N) is 1. The molecule has 0 fully saturated rings. The number of benzene rings is 4. The van der Waals surface area contributed by atoms with Crippen LogP contribution in [0, 0.1) is 6.92 Å². The molecule has 5 aromatic rings. The number of anilines is 1. The van der Waals surface area contributed by atoms with Crippen LogP contribution in [0.2, 0.25) is 0 Å². The first-order valence-corrected chi connectivity index (χ1v) is 12.6. The topological polar surface area (TPSA) is 79.3 Å². The van der Waals surface area contributed by atoms with Crippen molar-refractivity contribution < 1.29 is 13.5 Å². The fraction of sp³-hybridized carbons (Fsp3) is 0.0385. The highest BCUT2D eigenvalue weighted by Crippen LogP contribution is 2.43. The lowest BCUT2D eigenvalue weighted by Crippen LogP contribution is -2.14. The molecule has 0 bridgehead atoms. The number of hydrogen-bond donors (Lipinski definition) is 2. The number of rotatable bonds is 5. The third kappa shape index (κ3) is 4.13. The summed E-state index contributed by atoms with van der Waals surface area (Å²) >= 11 is 1.37. The highest BCUT2D eigenvalue weighted by Gasteiger charge is 2.21. The Morgan fingerprint density at radius 3 is 2.36 bits per heavy atom. The first kappa shape index (κ1) is 21.3. The third-order valence-corrected chi connectivity index (χ3v) is 7.74. The van der Waals surface area contributed by atoms with Crippen molar-refractivity contribution >= 4 is 49.1 Å². The maximum Gasteiger partial charge on any atom is 0.264 e. The van der Waals surface area contributed by atoms with E-state index in [0.717, 1.165) is 16.0 Å². The lowest BCUT2D eigenvalue weighted by Gasteiger charge is -2.15. The highest BCUT2D eigenvalue weighted by atomic mass is 32.2. The van der Waals surface area contributed by atoms with Crippen LogP contribution >= 0.6 is 11.8 Å². The predicted molar refractivity (Wildman–Crippen MR) is 133 cm³/mol. The van der Waals surface area contributed by atoms with E-state index in [1.165, 1.54) is 11.8 Å². The average molecular weight is 473 g/mol. The van der Waals surface area contributed by atoms with Crippen molar-refractivity contribution in [1.29, 1.82) is 0 Å². The van der Waals surface area contributed by atoms with Gasteiger partial charge in [-0.3, -0.25) is 9.71 Å². The summed E-state index contributed by atoms with van der Waals surface area (Å²) in [5, 5.41) is 12.8. The van der Waals surface area contributed by atoms with Crippen LogP contribution in [0.1, 0.15) is 5.69 Å². The minimum absolute atomic E-state index is 0.109. The predicted octanol–water partition coefficient (Wildman–Crippen LogP) is 6.35. The van der Waals surface area contributed by atoms with Gasteiger partial charge in [-0.2, -0.15) is 0 Å². The summed E-state index contributed by atoms with van der Waals surface area (Å²) in [7, 11) is -3.95. The summed E-state index contributed by atoms with van der Waals surface area (Å²) in [5.74, 6) is 0.116. The van der Waals surface area contributed by atoms with Crippen LogP contribution in [-0.2, 0) is 10.0 Å². The number of hydrogen-bond acceptors (Lipinski definition) is 5. The van der Waals surface area contributed by atoms with E-state index in [-0.39, 0.29) is 10.6 Å². The van der Waals surface area contributed by atoms with Crippen LogP contribution in [0.5, 0.6) is 5.75 Å². The highest BCUT2D eigenvalue weighted by molar-refractivity contribution is 7.99. The quantitative estimate of drug-likeness (QED) is 0.291. The lowest BCUT2D eigenvalue weighted by atomic mass is 10.1. The van der Waals surface area contributed by atoms with Gasteiger partial charge in [-0.25, -0.2) is 8.42 Å². The van der Waals surface area contributed by atoms with Crippen molar-refractivity contribution in [3.8, 4) is 5.75 Å². The molecule has 2 N–H and O–H groups in total. The Morgan fingerprint density at radius 2 is 1.58 bits per heavy atom. The molecule has 0 aliphatic rings. The second-order valence-electron chi connectivity index (χ2n) is 7.62. The van der Waals surface area contributed by atoms with E-state index in [0.29, 0.717) is 26.9 Å². The van der Waals surface area contributed by atoms with E-state index in [2.05, 4.69) is 9.71 Å². The number of aryl methyl sites for hydroxylation is 1. The van der Waals surface area contributed by atoms with Crippen molar-refractivity contribution in [3.05, 3.63) is 96.7 Å². The molecule has 164 valence electrons. The molecule has 5 nitrogen and oxygen atoms in total. The molecule has 0 spiro atoms. The molecule has 0 aliphatic heterocycles. The molecule has 7 heteroatoms. The van der Waals surface area contributed by atoms with E-state index in [1.807, 2.05) is 67.6 Å². The summed E-state index contributed by atoms with van der Waals surface area (Å²) in [4.78, 5) is 6.07. The molecule has 4 aromatic carbocycles. The van der Waals surface area contributed by atoms with Gasteiger partial charge in [0.05, 0.1) is 16.1 Å². The van der Waals surface area contributed by atoms with Crippen LogP contribution in [0.4, 0.5) is 5.69 Å². The molecule has 0 saturated heterocycles. The number of fused-ring (bicyclic) bond motifs is 2. The van der Waals surface area contributed by atoms with E-state index in [4.69, 9.17) is 0 Å². The summed E-state index contributed by atoms with van der Waals surface area (Å²) in [6.07, 6.45) is 0. The molecule has 0 amide bonds. The number of nitrogens with zero attached hydrogens (tertiary/aromatic N) is 1. The van der Waals surface area contributed by atoms with Gasteiger partial charge < -0.3 is 5.11 Å². The van der Waals surface area contributed by atoms with Crippen LogP contribution in [-0.4, -0.2) is 18.5 Å². The Bertz CT molecular complexity index is 1600. The van der Waals surface area contributed by atoms with Gasteiger partial charge in [0.15, 0.2) is 0 Å². The van der Waals surface area contributed by atoms with Crippen molar-refractivity contribution in [2.24, 2.45) is 0 Å². The maximum absolute atomic E-state index is 13.5. The molecular formula is C26H20N2O3S2. The molecular weight excluding hydrogens is 452 g/mol. The van der Waals surface area contributed by atoms with Gasteiger partial charge in [-0.15, -0.1) is 0 Å². The van der Waals surface area contributed by atoms with E-state index >= 15 is 0 Å². The van der Waals surface area contributed by atoms with Gasteiger partial charge in [0.25, 0.3) is 10.0 Å². The summed E-state index contributed by atoms with van der Waals surface area (Å²) in [5.41, 5.74) is 1.56. The molecule has 1 aromatic heterocycles. The molecule has 0 saturated carbocycles. The number of phenolic OH excluding ortho intramolecular Hbond substituents is 1. The van der Waals surface area contributed by atoms with Crippen molar-refractivity contribution in [3.63, 3.8) is 0 Å². The number of aromatic hydroxyl groups is 1. The molecule has 1 heterocycles. The molecule has 0 atom stereocenters. The number of para-hydroxylation sites is 1. The Morgan fingerprint density at radius 1 is 0.848 bits per heavy atom. The van der Waals surface area contributed by atoms with Crippen LogP contribution < -0.4 is 4.72 Å². The second-order valence-corrected chi connectivity index (χ2v) is 10.4. The minimum Gasteiger partial charge on any atom is -0.506 e. The fourth-order valence-corrected chi connectivity index (χ4v) is 5.92. The summed E-state index contributed by atoms with van der Waals surface area (Å²) < 4.78 is 29.8. The van der Waals surface area contributed by atoms with Gasteiger partial charge in [0.1, 0.15) is 10.6 Å². The van der Waals surface area contributed by atoms with Crippen molar-refractivity contribution in [2.45, 2.75) is 21.6 Å². The van der Waals surface area contributed by atoms with Gasteiger partial charge >= 0.3 is 0 Å². The third-order valence-electron chi connectivity index (χ3n) is 5.31. The zero-order valence-corrected chi connectivity index (χ0v) is 19.3. The molecule has 0 unspecified atom stereocenters. The molecule has 0 radical (unpaired) electrons. The first-order chi connectivity index (χ1) is 15.9. The van der Waals surface area contributed by atoms with Crippen molar-refractivity contribution in [2.75, 3.05) is 4.72 Å². The van der Waals surface area contributed by atoms with Crippen molar-refractivity contribution in [1.82, 2.24) is 4.98 Å². The van der Waals surface area contributed by atoms with E-state index in [9.17, 15) is 13.5 Å².